The third-order valence-corrected chi connectivity index (χ3v) is 4.56. The maximum Gasteiger partial charge on any atom is 0.315 e. The van der Waals surface area contributed by atoms with Gasteiger partial charge in [-0.25, -0.2) is 9.78 Å². The molecule has 33 heavy (non-hydrogen) atoms. The highest BCUT2D eigenvalue weighted by Gasteiger charge is 2.15. The molecule has 3 N–H and O–H groups in total. The number of aliphatic hydroxyl groups is 1. The van der Waals surface area contributed by atoms with Gasteiger partial charge < -0.3 is 25.2 Å². The van der Waals surface area contributed by atoms with Crippen molar-refractivity contribution in [1.29, 1.82) is 0 Å². The van der Waals surface area contributed by atoms with Gasteiger partial charge in [0, 0.05) is 12.6 Å². The van der Waals surface area contributed by atoms with Gasteiger partial charge in [-0.05, 0) is 18.1 Å². The molecule has 1 heterocycles. The molecule has 0 saturated heterocycles. The lowest BCUT2D eigenvalue weighted by Crippen LogP contribution is -2.41. The molecular formula is C25H27N3O5. The van der Waals surface area contributed by atoms with Gasteiger partial charge in [-0.1, -0.05) is 60.7 Å². The monoisotopic (exact) mass is 449 g/mol. The van der Waals surface area contributed by atoms with Crippen LogP contribution in [0.3, 0.4) is 0 Å². The SMILES string of the molecule is C[C@@H](O)CNC(=O)NCC(=O)c1cc(OCc2ccccc2)c(OCc2ccccc2)cn1. The Labute approximate surface area is 192 Å². The number of pyridine rings is 1. The molecule has 0 saturated carbocycles. The zero-order valence-electron chi connectivity index (χ0n) is 18.4. The molecule has 0 bridgehead atoms. The van der Waals surface area contributed by atoms with Crippen LogP contribution in [0.15, 0.2) is 72.9 Å². The molecule has 2 aromatic carbocycles. The van der Waals surface area contributed by atoms with Gasteiger partial charge in [0.05, 0.1) is 18.8 Å². The Bertz CT molecular complexity index is 1040. The summed E-state index contributed by atoms with van der Waals surface area (Å²) in [6, 6.07) is 20.3. The number of hydrogen-bond donors (Lipinski definition) is 3. The molecule has 8 nitrogen and oxygen atoms in total. The average molecular weight is 450 g/mol. The molecule has 3 rings (SSSR count). The molecule has 2 amide bonds. The van der Waals surface area contributed by atoms with Crippen LogP contribution in [0.4, 0.5) is 4.79 Å². The second-order valence-electron chi connectivity index (χ2n) is 7.40. The molecule has 0 spiro atoms. The fourth-order valence-corrected chi connectivity index (χ4v) is 2.82. The van der Waals surface area contributed by atoms with Crippen molar-refractivity contribution in [2.24, 2.45) is 0 Å². The van der Waals surface area contributed by atoms with Gasteiger partial charge >= 0.3 is 6.03 Å². The van der Waals surface area contributed by atoms with Crippen molar-refractivity contribution in [3.05, 3.63) is 89.7 Å². The minimum Gasteiger partial charge on any atom is -0.485 e. The molecule has 0 unspecified atom stereocenters. The fraction of sp³-hybridized carbons (Fsp3) is 0.240. The first-order valence-electron chi connectivity index (χ1n) is 10.6. The van der Waals surface area contributed by atoms with Crippen molar-refractivity contribution >= 4 is 11.8 Å². The van der Waals surface area contributed by atoms with Gasteiger partial charge in [0.15, 0.2) is 17.3 Å². The van der Waals surface area contributed by atoms with Crippen molar-refractivity contribution in [2.75, 3.05) is 13.1 Å². The average Bonchev–Trinajstić information content (AvgIpc) is 2.85. The minimum atomic E-state index is -0.680. The van der Waals surface area contributed by atoms with Crippen LogP contribution < -0.4 is 20.1 Å². The van der Waals surface area contributed by atoms with Gasteiger partial charge in [-0.2, -0.15) is 0 Å². The maximum absolute atomic E-state index is 12.6. The topological polar surface area (TPSA) is 110 Å². The van der Waals surface area contributed by atoms with Crippen LogP contribution in [0.1, 0.15) is 28.5 Å². The number of benzene rings is 2. The molecule has 0 aliphatic rings. The summed E-state index contributed by atoms with van der Waals surface area (Å²) in [7, 11) is 0. The summed E-state index contributed by atoms with van der Waals surface area (Å²) in [5, 5.41) is 14.1. The molecule has 0 aliphatic heterocycles. The molecule has 1 aromatic heterocycles. The van der Waals surface area contributed by atoms with Crippen molar-refractivity contribution in [2.45, 2.75) is 26.2 Å². The first-order valence-corrected chi connectivity index (χ1v) is 10.6. The number of aliphatic hydroxyl groups excluding tert-OH is 1. The van der Waals surface area contributed by atoms with Gasteiger partial charge in [-0.15, -0.1) is 0 Å². The molecular weight excluding hydrogens is 422 g/mol. The van der Waals surface area contributed by atoms with Crippen LogP contribution in [-0.4, -0.2) is 41.1 Å². The highest BCUT2D eigenvalue weighted by Crippen LogP contribution is 2.29. The van der Waals surface area contributed by atoms with E-state index >= 15 is 0 Å². The van der Waals surface area contributed by atoms with Crippen molar-refractivity contribution < 1.29 is 24.2 Å². The van der Waals surface area contributed by atoms with Crippen molar-refractivity contribution in [1.82, 2.24) is 15.6 Å². The third kappa shape index (κ3) is 7.93. The van der Waals surface area contributed by atoms with E-state index in [2.05, 4.69) is 15.6 Å². The van der Waals surface area contributed by atoms with Crippen molar-refractivity contribution in [3.8, 4) is 11.5 Å². The van der Waals surface area contributed by atoms with Crippen LogP contribution in [0.2, 0.25) is 0 Å². The van der Waals surface area contributed by atoms with Gasteiger partial charge in [-0.3, -0.25) is 4.79 Å². The molecule has 3 aromatic rings. The summed E-state index contributed by atoms with van der Waals surface area (Å²) in [6.45, 7) is 2.00. The molecule has 8 heteroatoms. The standard InChI is InChI=1S/C25H27N3O5/c1-18(29)13-27-25(31)28-14-22(30)21-12-23(32-16-19-8-4-2-5-9-19)24(15-26-21)33-17-20-10-6-3-7-11-20/h2-12,15,18,29H,13-14,16-17H2,1H3,(H2,27,28,31)/t18-/m1/s1. The van der Waals surface area contributed by atoms with E-state index in [4.69, 9.17) is 9.47 Å². The number of urea groups is 1. The van der Waals surface area contributed by atoms with E-state index in [1.54, 1.807) is 6.92 Å². The molecule has 172 valence electrons. The Morgan fingerprint density at radius 3 is 2.06 bits per heavy atom. The van der Waals surface area contributed by atoms with E-state index in [0.717, 1.165) is 11.1 Å². The van der Waals surface area contributed by atoms with Crippen molar-refractivity contribution in [3.63, 3.8) is 0 Å². The number of hydrogen-bond acceptors (Lipinski definition) is 6. The van der Waals surface area contributed by atoms with Gasteiger partial charge in [0.1, 0.15) is 18.9 Å². The smallest absolute Gasteiger partial charge is 0.315 e. The lowest BCUT2D eigenvalue weighted by molar-refractivity contribution is 0.0986. The number of rotatable bonds is 11. The van der Waals surface area contributed by atoms with E-state index in [1.165, 1.54) is 12.3 Å². The molecule has 0 radical (unpaired) electrons. The number of ether oxygens (including phenoxy) is 2. The Balaban J connectivity index is 1.69. The summed E-state index contributed by atoms with van der Waals surface area (Å²) >= 11 is 0. The lowest BCUT2D eigenvalue weighted by atomic mass is 10.2. The van der Waals surface area contributed by atoms with Crippen LogP contribution in [0.25, 0.3) is 0 Å². The number of nitrogens with zero attached hydrogens (tertiary/aromatic N) is 1. The Morgan fingerprint density at radius 2 is 1.48 bits per heavy atom. The number of Topliss-reactive ketones (excluding diaryl/α,β-unsaturated/α-hetero) is 1. The first kappa shape index (κ1) is 23.7. The second kappa shape index (κ2) is 12.2. The van der Waals surface area contributed by atoms with Crippen LogP contribution in [0.5, 0.6) is 11.5 Å². The summed E-state index contributed by atoms with van der Waals surface area (Å²) < 4.78 is 11.8. The molecule has 0 aliphatic carbocycles. The molecule has 0 fully saturated rings. The summed E-state index contributed by atoms with van der Waals surface area (Å²) in [5.74, 6) is 0.405. The number of carbonyl (C=O) groups is 2. The Kier molecular flexibility index (Phi) is 8.79. The predicted molar refractivity (Wildman–Crippen MR) is 123 cm³/mol. The van der Waals surface area contributed by atoms with E-state index < -0.39 is 12.1 Å². The number of carbonyl (C=O) groups excluding carboxylic acids is 2. The van der Waals surface area contributed by atoms with Crippen LogP contribution in [0, 0.1) is 0 Å². The number of amides is 2. The normalized spacial score (nSPS) is 11.3. The maximum atomic E-state index is 12.6. The Hall–Kier alpha value is -3.91. The summed E-state index contributed by atoms with van der Waals surface area (Å²) in [6.07, 6.45) is 0.769. The number of ketones is 1. The van der Waals surface area contributed by atoms with Crippen LogP contribution >= 0.6 is 0 Å². The highest BCUT2D eigenvalue weighted by atomic mass is 16.5. The number of aromatic nitrogens is 1. The fourth-order valence-electron chi connectivity index (χ4n) is 2.82. The summed E-state index contributed by atoms with van der Waals surface area (Å²) in [4.78, 5) is 28.5. The largest absolute Gasteiger partial charge is 0.485 e. The minimum absolute atomic E-state index is 0.0865. The summed E-state index contributed by atoms with van der Waals surface area (Å²) in [5.41, 5.74) is 2.09. The van der Waals surface area contributed by atoms with E-state index in [0.29, 0.717) is 24.7 Å². The predicted octanol–water partition coefficient (Wildman–Crippen LogP) is 3.10. The molecule has 1 atom stereocenters. The third-order valence-electron chi connectivity index (χ3n) is 4.56. The van der Waals surface area contributed by atoms with E-state index in [9.17, 15) is 14.7 Å². The Morgan fingerprint density at radius 1 is 0.909 bits per heavy atom. The van der Waals surface area contributed by atoms with E-state index in [-0.39, 0.29) is 24.6 Å². The second-order valence-corrected chi connectivity index (χ2v) is 7.40. The highest BCUT2D eigenvalue weighted by molar-refractivity contribution is 5.98. The van der Waals surface area contributed by atoms with Gasteiger partial charge in [0.25, 0.3) is 0 Å². The zero-order chi connectivity index (χ0) is 23.5. The number of nitrogens with one attached hydrogen (secondary N) is 2. The van der Waals surface area contributed by atoms with E-state index in [1.807, 2.05) is 60.7 Å². The quantitative estimate of drug-likeness (QED) is 0.388. The first-order chi connectivity index (χ1) is 16.0. The zero-order valence-corrected chi connectivity index (χ0v) is 18.4. The van der Waals surface area contributed by atoms with Gasteiger partial charge in [0.2, 0.25) is 0 Å². The lowest BCUT2D eigenvalue weighted by Gasteiger charge is -2.14. The van der Waals surface area contributed by atoms with Crippen LogP contribution in [-0.2, 0) is 13.2 Å².